The summed E-state index contributed by atoms with van der Waals surface area (Å²) >= 11 is 3.85. The Balaban J connectivity index is 2.30. The summed E-state index contributed by atoms with van der Waals surface area (Å²) in [5.74, 6) is 0.940. The van der Waals surface area contributed by atoms with Crippen LogP contribution in [-0.2, 0) is 0 Å². The highest BCUT2D eigenvalue weighted by Gasteiger charge is 2.13. The smallest absolute Gasteiger partial charge is 0.266 e. The zero-order valence-electron chi connectivity index (χ0n) is 12.1. The largest absolute Gasteiger partial charge is 0.268 e. The number of rotatable bonds is 4. The molecule has 3 nitrogen and oxygen atoms in total. The lowest BCUT2D eigenvalue weighted by Gasteiger charge is -2.13. The molecule has 0 fully saturated rings. The van der Waals surface area contributed by atoms with Crippen molar-refractivity contribution in [3.63, 3.8) is 0 Å². The van der Waals surface area contributed by atoms with Crippen LogP contribution in [0.25, 0.3) is 16.6 Å². The maximum Gasteiger partial charge on any atom is 0.266 e. The summed E-state index contributed by atoms with van der Waals surface area (Å²) in [7, 11) is 0. The van der Waals surface area contributed by atoms with Gasteiger partial charge in [-0.2, -0.15) is 0 Å². The van der Waals surface area contributed by atoms with Crippen molar-refractivity contribution in [3.05, 3.63) is 62.5 Å². The molecule has 22 heavy (non-hydrogen) atoms. The van der Waals surface area contributed by atoms with Gasteiger partial charge in [0, 0.05) is 9.32 Å². The summed E-state index contributed by atoms with van der Waals surface area (Å²) in [6.07, 6.45) is 1.04. The van der Waals surface area contributed by atoms with Gasteiger partial charge in [0.2, 0.25) is 0 Å². The lowest BCUT2D eigenvalue weighted by atomic mass is 10.2. The molecule has 0 amide bonds. The SMILES string of the molecule is CCCSc1nc2ccc(I)cc2c(=O)n1-c1ccccc1. The number of halogens is 1. The molecule has 0 aliphatic heterocycles. The van der Waals surface area contributed by atoms with Crippen molar-refractivity contribution in [2.24, 2.45) is 0 Å². The molecule has 3 aromatic rings. The van der Waals surface area contributed by atoms with Crippen molar-refractivity contribution in [1.29, 1.82) is 0 Å². The minimum Gasteiger partial charge on any atom is -0.268 e. The molecular formula is C17H15IN2OS. The van der Waals surface area contributed by atoms with E-state index < -0.39 is 0 Å². The fraction of sp³-hybridized carbons (Fsp3) is 0.176. The van der Waals surface area contributed by atoms with Crippen LogP contribution in [0.15, 0.2) is 58.5 Å². The molecule has 0 N–H and O–H groups in total. The molecule has 0 aliphatic rings. The van der Waals surface area contributed by atoms with Crippen LogP contribution >= 0.6 is 34.4 Å². The van der Waals surface area contributed by atoms with Gasteiger partial charge in [-0.1, -0.05) is 36.9 Å². The number of aromatic nitrogens is 2. The van der Waals surface area contributed by atoms with Crippen LogP contribution in [-0.4, -0.2) is 15.3 Å². The van der Waals surface area contributed by atoms with Gasteiger partial charge in [0.05, 0.1) is 16.6 Å². The van der Waals surface area contributed by atoms with Crippen LogP contribution in [0.5, 0.6) is 0 Å². The van der Waals surface area contributed by atoms with Crippen molar-refractivity contribution in [2.75, 3.05) is 5.75 Å². The van der Waals surface area contributed by atoms with E-state index in [1.165, 1.54) is 0 Å². The van der Waals surface area contributed by atoms with E-state index in [1.807, 2.05) is 48.5 Å². The molecule has 2 aromatic carbocycles. The fourth-order valence-electron chi connectivity index (χ4n) is 2.23. The van der Waals surface area contributed by atoms with Gasteiger partial charge in [0.25, 0.3) is 5.56 Å². The summed E-state index contributed by atoms with van der Waals surface area (Å²) in [5.41, 5.74) is 1.61. The van der Waals surface area contributed by atoms with E-state index in [2.05, 4.69) is 29.5 Å². The first-order valence-electron chi connectivity index (χ1n) is 7.11. The van der Waals surface area contributed by atoms with E-state index in [4.69, 9.17) is 4.98 Å². The second-order valence-electron chi connectivity index (χ2n) is 4.88. The van der Waals surface area contributed by atoms with Crippen LogP contribution in [0.4, 0.5) is 0 Å². The quantitative estimate of drug-likeness (QED) is 0.353. The number of fused-ring (bicyclic) bond motifs is 1. The Morgan fingerprint density at radius 3 is 2.68 bits per heavy atom. The molecule has 0 radical (unpaired) electrons. The summed E-state index contributed by atoms with van der Waals surface area (Å²) in [6.45, 7) is 2.13. The molecule has 5 heteroatoms. The highest BCUT2D eigenvalue weighted by Crippen LogP contribution is 2.22. The molecule has 0 aliphatic carbocycles. The molecule has 112 valence electrons. The fourth-order valence-corrected chi connectivity index (χ4v) is 3.59. The molecule has 0 atom stereocenters. The third kappa shape index (κ3) is 3.05. The van der Waals surface area contributed by atoms with E-state index in [0.29, 0.717) is 5.39 Å². The van der Waals surface area contributed by atoms with Crippen LogP contribution in [0.1, 0.15) is 13.3 Å². The minimum atomic E-state index is -0.00619. The number of para-hydroxylation sites is 1. The van der Waals surface area contributed by atoms with Gasteiger partial charge < -0.3 is 0 Å². The van der Waals surface area contributed by atoms with Gasteiger partial charge in [-0.25, -0.2) is 4.98 Å². The van der Waals surface area contributed by atoms with Gasteiger partial charge >= 0.3 is 0 Å². The van der Waals surface area contributed by atoms with E-state index in [9.17, 15) is 4.79 Å². The Morgan fingerprint density at radius 2 is 1.95 bits per heavy atom. The second kappa shape index (κ2) is 6.83. The van der Waals surface area contributed by atoms with Crippen molar-refractivity contribution >= 4 is 45.3 Å². The van der Waals surface area contributed by atoms with Gasteiger partial charge in [-0.15, -0.1) is 0 Å². The molecule has 0 spiro atoms. The Bertz CT molecular complexity index is 862. The Hall–Kier alpha value is -1.34. The zero-order chi connectivity index (χ0) is 15.5. The molecule has 0 saturated heterocycles. The van der Waals surface area contributed by atoms with Gasteiger partial charge in [-0.05, 0) is 59.3 Å². The van der Waals surface area contributed by atoms with Crippen LogP contribution < -0.4 is 5.56 Å². The average molecular weight is 422 g/mol. The minimum absolute atomic E-state index is 0.00619. The second-order valence-corrected chi connectivity index (χ2v) is 7.19. The third-order valence-corrected chi connectivity index (χ3v) is 5.06. The van der Waals surface area contributed by atoms with E-state index >= 15 is 0 Å². The van der Waals surface area contributed by atoms with Gasteiger partial charge in [-0.3, -0.25) is 9.36 Å². The van der Waals surface area contributed by atoms with Gasteiger partial charge in [0.1, 0.15) is 0 Å². The Kier molecular flexibility index (Phi) is 4.83. The standard InChI is InChI=1S/C17H15IN2OS/c1-2-10-22-17-19-15-9-8-12(18)11-14(15)16(21)20(17)13-6-4-3-5-7-13/h3-9,11H,2,10H2,1H3. The lowest BCUT2D eigenvalue weighted by Crippen LogP contribution is -2.21. The molecule has 0 unspecified atom stereocenters. The molecule has 1 heterocycles. The number of benzene rings is 2. The maximum atomic E-state index is 13.0. The maximum absolute atomic E-state index is 13.0. The highest BCUT2D eigenvalue weighted by atomic mass is 127. The van der Waals surface area contributed by atoms with E-state index in [0.717, 1.165) is 32.1 Å². The summed E-state index contributed by atoms with van der Waals surface area (Å²) in [5, 5.41) is 1.42. The molecule has 0 saturated carbocycles. The first-order valence-corrected chi connectivity index (χ1v) is 9.17. The highest BCUT2D eigenvalue weighted by molar-refractivity contribution is 14.1. The predicted octanol–water partition coefficient (Wildman–Crippen LogP) is 4.49. The monoisotopic (exact) mass is 422 g/mol. The summed E-state index contributed by atoms with van der Waals surface area (Å²) in [4.78, 5) is 17.7. The summed E-state index contributed by atoms with van der Waals surface area (Å²) < 4.78 is 2.76. The molecular weight excluding hydrogens is 407 g/mol. The first kappa shape index (κ1) is 15.6. The lowest BCUT2D eigenvalue weighted by molar-refractivity contribution is 0.818. The molecule has 3 rings (SSSR count). The first-order chi connectivity index (χ1) is 10.7. The Morgan fingerprint density at radius 1 is 1.18 bits per heavy atom. The van der Waals surface area contributed by atoms with E-state index in [1.54, 1.807) is 16.3 Å². The van der Waals surface area contributed by atoms with Crippen molar-refractivity contribution in [1.82, 2.24) is 9.55 Å². The predicted molar refractivity (Wildman–Crippen MR) is 101 cm³/mol. The van der Waals surface area contributed by atoms with Crippen molar-refractivity contribution < 1.29 is 0 Å². The van der Waals surface area contributed by atoms with E-state index in [-0.39, 0.29) is 5.56 Å². The number of hydrogen-bond donors (Lipinski definition) is 0. The van der Waals surface area contributed by atoms with Crippen molar-refractivity contribution in [3.8, 4) is 5.69 Å². The van der Waals surface area contributed by atoms with Crippen LogP contribution in [0.2, 0.25) is 0 Å². The number of hydrogen-bond acceptors (Lipinski definition) is 3. The third-order valence-electron chi connectivity index (χ3n) is 3.25. The normalized spacial score (nSPS) is 11.0. The molecule has 0 bridgehead atoms. The van der Waals surface area contributed by atoms with Crippen molar-refractivity contribution in [2.45, 2.75) is 18.5 Å². The summed E-state index contributed by atoms with van der Waals surface area (Å²) in [6, 6.07) is 15.5. The topological polar surface area (TPSA) is 34.9 Å². The number of nitrogens with zero attached hydrogens (tertiary/aromatic N) is 2. The average Bonchev–Trinajstić information content (AvgIpc) is 2.54. The van der Waals surface area contributed by atoms with Crippen LogP contribution in [0, 0.1) is 3.57 Å². The molecule has 1 aromatic heterocycles. The number of thioether (sulfide) groups is 1. The zero-order valence-corrected chi connectivity index (χ0v) is 15.1. The van der Waals surface area contributed by atoms with Crippen LogP contribution in [0.3, 0.4) is 0 Å². The van der Waals surface area contributed by atoms with Gasteiger partial charge in [0.15, 0.2) is 5.16 Å². The Labute approximate surface area is 146 Å².